The van der Waals surface area contributed by atoms with Gasteiger partial charge in [0.05, 0.1) is 6.61 Å². The Labute approximate surface area is 134 Å². The number of carbonyl (C=O) groups is 1. The van der Waals surface area contributed by atoms with Crippen LogP contribution in [0.4, 0.5) is 10.1 Å². The molecule has 23 heavy (non-hydrogen) atoms. The fourth-order valence-electron chi connectivity index (χ4n) is 2.65. The van der Waals surface area contributed by atoms with Crippen LogP contribution in [0.2, 0.25) is 0 Å². The van der Waals surface area contributed by atoms with E-state index in [-0.39, 0.29) is 24.0 Å². The van der Waals surface area contributed by atoms with Crippen molar-refractivity contribution in [1.29, 1.82) is 0 Å². The van der Waals surface area contributed by atoms with Gasteiger partial charge in [-0.3, -0.25) is 13.8 Å². The molecule has 0 radical (unpaired) electrons. The summed E-state index contributed by atoms with van der Waals surface area (Å²) >= 11 is -1.90. The van der Waals surface area contributed by atoms with Crippen LogP contribution in [0, 0.1) is 5.82 Å². The fourth-order valence-corrected chi connectivity index (χ4v) is 3.59. The molecule has 0 aromatic heterocycles. The minimum atomic E-state index is -1.90. The van der Waals surface area contributed by atoms with Crippen LogP contribution in [0.1, 0.15) is 5.56 Å². The number of methoxy groups -OCH3 is 1. The Morgan fingerprint density at radius 1 is 1.52 bits per heavy atom. The number of benzene rings is 1. The number of hydrogen-bond donors (Lipinski definition) is 3. The Morgan fingerprint density at radius 2 is 2.30 bits per heavy atom. The number of hydrogen-bond acceptors (Lipinski definition) is 5. The van der Waals surface area contributed by atoms with Gasteiger partial charge < -0.3 is 15.2 Å². The monoisotopic (exact) mass is 341 g/mol. The lowest BCUT2D eigenvalue weighted by atomic mass is 10.0. The first-order chi connectivity index (χ1) is 11.0. The molecule has 2 aliphatic heterocycles. The maximum absolute atomic E-state index is 14.9. The first kappa shape index (κ1) is 15.9. The molecule has 1 aromatic carbocycles. The molecule has 0 spiro atoms. The number of halogens is 1. The highest BCUT2D eigenvalue weighted by atomic mass is 32.2. The molecule has 2 aliphatic rings. The number of carbonyl (C=O) groups excluding carboxylic acids is 1. The Morgan fingerprint density at radius 3 is 2.96 bits per heavy atom. The van der Waals surface area contributed by atoms with Crippen molar-refractivity contribution in [3.05, 3.63) is 29.6 Å². The number of phenolic OH excluding ortho intramolecular Hbond substituents is 1. The summed E-state index contributed by atoms with van der Waals surface area (Å²) < 4.78 is 35.0. The van der Waals surface area contributed by atoms with Crippen molar-refractivity contribution in [2.75, 3.05) is 31.1 Å². The highest BCUT2D eigenvalue weighted by Gasteiger charge is 2.32. The van der Waals surface area contributed by atoms with Crippen molar-refractivity contribution >= 4 is 28.3 Å². The largest absolute Gasteiger partial charge is 0.506 e. The van der Waals surface area contributed by atoms with Crippen LogP contribution >= 0.6 is 0 Å². The molecule has 2 unspecified atom stereocenters. The van der Waals surface area contributed by atoms with Crippen molar-refractivity contribution < 1.29 is 23.2 Å². The quantitative estimate of drug-likeness (QED) is 0.720. The van der Waals surface area contributed by atoms with Gasteiger partial charge in [-0.15, -0.1) is 0 Å². The van der Waals surface area contributed by atoms with Crippen molar-refractivity contribution in [3.8, 4) is 5.75 Å². The molecule has 7 nitrogen and oxygen atoms in total. The molecule has 2 heterocycles. The van der Waals surface area contributed by atoms with E-state index in [1.54, 1.807) is 7.11 Å². The third kappa shape index (κ3) is 2.94. The van der Waals surface area contributed by atoms with Crippen LogP contribution in [0.5, 0.6) is 5.75 Å². The number of nitrogens with zero attached hydrogens (tertiary/aromatic N) is 1. The summed E-state index contributed by atoms with van der Waals surface area (Å²) in [5.74, 6) is -1.56. The lowest BCUT2D eigenvalue weighted by molar-refractivity contribution is -0.117. The molecule has 0 saturated carbocycles. The Hall–Kier alpha value is -1.97. The smallest absolute Gasteiger partial charge is 0.253 e. The lowest BCUT2D eigenvalue weighted by Gasteiger charge is -2.18. The molecule has 1 fully saturated rings. The van der Waals surface area contributed by atoms with Crippen LogP contribution in [0.25, 0.3) is 5.57 Å². The van der Waals surface area contributed by atoms with Crippen molar-refractivity contribution in [1.82, 2.24) is 10.0 Å². The number of phenols is 1. The molecule has 2 atom stereocenters. The average Bonchev–Trinajstić information content (AvgIpc) is 3.07. The SMILES string of the molecule is COCC1C=C(c2ccc(O)c(N3CC(=O)NS3=O)c2F)CN1. The van der Waals surface area contributed by atoms with Gasteiger partial charge in [-0.25, -0.2) is 8.60 Å². The van der Waals surface area contributed by atoms with Crippen LogP contribution in [-0.2, 0) is 20.7 Å². The predicted molar refractivity (Wildman–Crippen MR) is 83.3 cm³/mol. The molecule has 3 N–H and O–H groups in total. The van der Waals surface area contributed by atoms with E-state index in [9.17, 15) is 18.5 Å². The van der Waals surface area contributed by atoms with Crippen LogP contribution < -0.4 is 14.3 Å². The number of ether oxygens (including phenoxy) is 1. The lowest BCUT2D eigenvalue weighted by Crippen LogP contribution is -2.26. The first-order valence-electron chi connectivity index (χ1n) is 6.95. The van der Waals surface area contributed by atoms with E-state index in [4.69, 9.17) is 4.74 Å². The third-order valence-corrected chi connectivity index (χ3v) is 4.80. The average molecular weight is 341 g/mol. The molecular weight excluding hydrogens is 325 g/mol. The van der Waals surface area contributed by atoms with Gasteiger partial charge in [0, 0.05) is 25.3 Å². The van der Waals surface area contributed by atoms with E-state index >= 15 is 0 Å². The molecule has 1 saturated heterocycles. The van der Waals surface area contributed by atoms with E-state index in [1.165, 1.54) is 12.1 Å². The number of rotatable bonds is 4. The maximum atomic E-state index is 14.9. The Kier molecular flexibility index (Phi) is 4.33. The standard InChI is InChI=1S/C14H16FN3O4S/c1-22-7-9-4-8(5-16-9)10-2-3-11(19)14(13(10)15)18-6-12(20)17-23(18)21/h2-4,9,16,19H,5-7H2,1H3,(H,17,20). The number of nitrogens with one attached hydrogen (secondary N) is 2. The second kappa shape index (κ2) is 6.26. The number of anilines is 1. The summed E-state index contributed by atoms with van der Waals surface area (Å²) in [5, 5.41) is 13.1. The van der Waals surface area contributed by atoms with Gasteiger partial charge in [0.1, 0.15) is 18.0 Å². The molecule has 1 amide bonds. The van der Waals surface area contributed by atoms with E-state index in [0.717, 1.165) is 9.88 Å². The summed E-state index contributed by atoms with van der Waals surface area (Å²) in [6.45, 7) is 0.643. The normalized spacial score (nSPS) is 24.0. The Bertz CT molecular complexity index is 710. The molecule has 9 heteroatoms. The molecule has 124 valence electrons. The van der Waals surface area contributed by atoms with Crippen LogP contribution in [0.3, 0.4) is 0 Å². The van der Waals surface area contributed by atoms with E-state index in [2.05, 4.69) is 10.0 Å². The Balaban J connectivity index is 1.98. The van der Waals surface area contributed by atoms with Gasteiger partial charge in [-0.2, -0.15) is 0 Å². The summed E-state index contributed by atoms with van der Waals surface area (Å²) in [6, 6.07) is 2.78. The third-order valence-electron chi connectivity index (χ3n) is 3.68. The van der Waals surface area contributed by atoms with E-state index in [0.29, 0.717) is 18.7 Å². The van der Waals surface area contributed by atoms with Gasteiger partial charge in [0.15, 0.2) is 5.82 Å². The van der Waals surface area contributed by atoms with Crippen molar-refractivity contribution in [2.24, 2.45) is 0 Å². The molecule has 0 aliphatic carbocycles. The zero-order valence-electron chi connectivity index (χ0n) is 12.3. The van der Waals surface area contributed by atoms with E-state index < -0.39 is 22.9 Å². The molecule has 1 aromatic rings. The highest BCUT2D eigenvalue weighted by Crippen LogP contribution is 2.37. The summed E-state index contributed by atoms with van der Waals surface area (Å²) in [6.07, 6.45) is 1.85. The fraction of sp³-hybridized carbons (Fsp3) is 0.357. The van der Waals surface area contributed by atoms with Crippen LogP contribution in [0.15, 0.2) is 18.2 Å². The molecule has 3 rings (SSSR count). The van der Waals surface area contributed by atoms with Gasteiger partial charge in [-0.1, -0.05) is 6.08 Å². The minimum absolute atomic E-state index is 0.0178. The topological polar surface area (TPSA) is 90.9 Å². The van der Waals surface area contributed by atoms with Crippen molar-refractivity contribution in [3.63, 3.8) is 0 Å². The minimum Gasteiger partial charge on any atom is -0.506 e. The zero-order valence-corrected chi connectivity index (χ0v) is 13.2. The number of aromatic hydroxyl groups is 1. The zero-order chi connectivity index (χ0) is 16.6. The van der Waals surface area contributed by atoms with Crippen LogP contribution in [-0.4, -0.2) is 48.1 Å². The molecule has 0 bridgehead atoms. The van der Waals surface area contributed by atoms with Gasteiger partial charge in [0.25, 0.3) is 5.91 Å². The predicted octanol–water partition coefficient (Wildman–Crippen LogP) is 0.0478. The van der Waals surface area contributed by atoms with Gasteiger partial charge in [-0.05, 0) is 17.7 Å². The highest BCUT2D eigenvalue weighted by molar-refractivity contribution is 7.85. The van der Waals surface area contributed by atoms with Gasteiger partial charge in [0.2, 0.25) is 11.2 Å². The summed E-state index contributed by atoms with van der Waals surface area (Å²) in [7, 11) is 1.58. The summed E-state index contributed by atoms with van der Waals surface area (Å²) in [4.78, 5) is 11.3. The number of amides is 1. The first-order valence-corrected chi connectivity index (χ1v) is 8.05. The van der Waals surface area contributed by atoms with E-state index in [1.807, 2.05) is 6.08 Å². The van der Waals surface area contributed by atoms with Crippen molar-refractivity contribution in [2.45, 2.75) is 6.04 Å². The maximum Gasteiger partial charge on any atom is 0.253 e. The second-order valence-electron chi connectivity index (χ2n) is 5.24. The molecular formula is C14H16FN3O4S. The second-order valence-corrected chi connectivity index (χ2v) is 6.38. The summed E-state index contributed by atoms with van der Waals surface area (Å²) in [5.41, 5.74) is 0.769. The van der Waals surface area contributed by atoms with Gasteiger partial charge >= 0.3 is 0 Å².